The smallest absolute Gasteiger partial charge is 0.242 e. The molecule has 5 aromatic carbocycles. The Morgan fingerprint density at radius 3 is 0.921 bits per heavy atom. The number of hydrogen-bond donors (Lipinski definition) is 7. The zero-order chi connectivity index (χ0) is 52.4. The van der Waals surface area contributed by atoms with Gasteiger partial charge in [0, 0.05) is 112 Å². The van der Waals surface area contributed by atoms with E-state index < -0.39 is 23.6 Å². The molecule has 0 spiro atoms. The van der Waals surface area contributed by atoms with Gasteiger partial charge in [0.2, 0.25) is 29.5 Å². The maximum atomic E-state index is 15.1. The molecule has 0 unspecified atom stereocenters. The van der Waals surface area contributed by atoms with Gasteiger partial charge in [-0.3, -0.25) is 24.0 Å². The van der Waals surface area contributed by atoms with E-state index in [0.29, 0.717) is 38.6 Å². The van der Waals surface area contributed by atoms with Gasteiger partial charge in [0.25, 0.3) is 0 Å². The Bertz CT molecular complexity index is 3660. The lowest BCUT2D eigenvalue weighted by Gasteiger charge is -2.31. The summed E-state index contributed by atoms with van der Waals surface area (Å²) >= 11 is 0. The summed E-state index contributed by atoms with van der Waals surface area (Å²) in [5.74, 6) is -2.23. The standard InChI is InChI=1S/C60H63N11O5/c61-56(72)37-68(27-22-42-32-64-52-17-7-2-12-47(42)52)58(74)39-70(29-24-44-34-66-54-19-9-4-14-49(44)54)60(76)40-71(30-25-45-35-67-55-20-10-5-15-50(45)55)59(75)38-69(28-23-43-33-65-53-18-8-3-13-48(43)53)57(73)36-62-26-21-41-31-63-51-16-6-1-11-46(41)51/h1-20,31-35,62-67H,21-30,36-40H2,(H2,61,72). The molecule has 0 fully saturated rings. The topological polar surface area (TPSA) is 215 Å². The van der Waals surface area contributed by atoms with Crippen LogP contribution in [-0.4, -0.2) is 140 Å². The third-order valence-corrected chi connectivity index (χ3v) is 14.6. The Kier molecular flexibility index (Phi) is 15.7. The number of carbonyl (C=O) groups excluding carboxylic acids is 5. The van der Waals surface area contributed by atoms with Gasteiger partial charge in [-0.05, 0) is 96.8 Å². The Labute approximate surface area is 439 Å². The molecular weight excluding hydrogens is 955 g/mol. The Morgan fingerprint density at radius 2 is 0.618 bits per heavy atom. The minimum Gasteiger partial charge on any atom is -0.368 e. The van der Waals surface area contributed by atoms with Crippen molar-refractivity contribution in [2.75, 3.05) is 65.4 Å². The minimum absolute atomic E-state index is 0.00360. The molecule has 0 aliphatic rings. The van der Waals surface area contributed by atoms with Gasteiger partial charge in [-0.25, -0.2) is 0 Å². The summed E-state index contributed by atoms with van der Waals surface area (Å²) in [7, 11) is 0. The summed E-state index contributed by atoms with van der Waals surface area (Å²) in [6.07, 6.45) is 12.1. The average Bonchev–Trinajstić information content (AvgIpc) is 4.30. The number of hydrogen-bond acceptors (Lipinski definition) is 6. The Morgan fingerprint density at radius 1 is 0.355 bits per heavy atom. The number of aromatic nitrogens is 5. The van der Waals surface area contributed by atoms with Gasteiger partial charge in [-0.2, -0.15) is 0 Å². The number of nitrogens with one attached hydrogen (secondary N) is 6. The first-order valence-electron chi connectivity index (χ1n) is 26.0. The van der Waals surface area contributed by atoms with Crippen molar-refractivity contribution in [2.45, 2.75) is 32.1 Å². The van der Waals surface area contributed by atoms with Crippen LogP contribution >= 0.6 is 0 Å². The fraction of sp³-hybridized carbons (Fsp3) is 0.250. The maximum absolute atomic E-state index is 15.1. The van der Waals surface area contributed by atoms with Gasteiger partial charge in [-0.1, -0.05) is 91.0 Å². The zero-order valence-electron chi connectivity index (χ0n) is 42.4. The third-order valence-electron chi connectivity index (χ3n) is 14.6. The first-order valence-corrected chi connectivity index (χ1v) is 26.0. The molecule has 388 valence electrons. The summed E-state index contributed by atoms with van der Waals surface area (Å²) in [6.45, 7) is -0.0510. The predicted molar refractivity (Wildman–Crippen MR) is 298 cm³/mol. The van der Waals surface area contributed by atoms with Crippen molar-refractivity contribution in [3.05, 3.63) is 180 Å². The van der Waals surface area contributed by atoms with Crippen LogP contribution in [0.3, 0.4) is 0 Å². The zero-order valence-corrected chi connectivity index (χ0v) is 42.4. The van der Waals surface area contributed by atoms with Crippen LogP contribution in [0.5, 0.6) is 0 Å². The van der Waals surface area contributed by atoms with E-state index in [2.05, 4.69) is 36.3 Å². The van der Waals surface area contributed by atoms with Crippen molar-refractivity contribution in [1.82, 2.24) is 49.8 Å². The molecule has 0 atom stereocenters. The quantitative estimate of drug-likeness (QED) is 0.0299. The van der Waals surface area contributed by atoms with Gasteiger partial charge in [0.1, 0.15) is 0 Å². The first kappa shape index (κ1) is 50.6. The monoisotopic (exact) mass is 1020 g/mol. The number of para-hydroxylation sites is 5. The highest BCUT2D eigenvalue weighted by Crippen LogP contribution is 2.23. The van der Waals surface area contributed by atoms with E-state index in [1.807, 2.05) is 146 Å². The highest BCUT2D eigenvalue weighted by Gasteiger charge is 2.28. The van der Waals surface area contributed by atoms with Crippen molar-refractivity contribution in [2.24, 2.45) is 5.73 Å². The van der Waals surface area contributed by atoms with E-state index >= 15 is 9.59 Å². The van der Waals surface area contributed by atoms with Crippen LogP contribution in [0, 0.1) is 0 Å². The molecule has 0 aliphatic carbocycles. The van der Waals surface area contributed by atoms with E-state index in [0.717, 1.165) is 82.3 Å². The number of fused-ring (bicyclic) bond motifs is 5. The normalized spacial score (nSPS) is 11.5. The van der Waals surface area contributed by atoms with Gasteiger partial charge in [-0.15, -0.1) is 0 Å². The average molecular weight is 1020 g/mol. The molecule has 5 amide bonds. The van der Waals surface area contributed by atoms with Gasteiger partial charge >= 0.3 is 0 Å². The van der Waals surface area contributed by atoms with Gasteiger partial charge in [0.15, 0.2) is 0 Å². The second kappa shape index (κ2) is 23.5. The van der Waals surface area contributed by atoms with E-state index in [1.54, 1.807) is 4.90 Å². The van der Waals surface area contributed by atoms with Crippen LogP contribution in [0.25, 0.3) is 54.5 Å². The molecule has 76 heavy (non-hydrogen) atoms. The van der Waals surface area contributed by atoms with E-state index in [1.165, 1.54) is 14.7 Å². The first-order chi connectivity index (χ1) is 37.1. The number of nitrogens with two attached hydrogens (primary N) is 1. The fourth-order valence-corrected chi connectivity index (χ4v) is 10.4. The van der Waals surface area contributed by atoms with Crippen molar-refractivity contribution < 1.29 is 24.0 Å². The van der Waals surface area contributed by atoms with E-state index in [4.69, 9.17) is 5.73 Å². The summed E-state index contributed by atoms with van der Waals surface area (Å²) < 4.78 is 0. The third kappa shape index (κ3) is 11.9. The van der Waals surface area contributed by atoms with Crippen LogP contribution in [0.4, 0.5) is 0 Å². The fourth-order valence-electron chi connectivity index (χ4n) is 10.4. The number of nitrogens with zero attached hydrogens (tertiary/aromatic N) is 4. The lowest BCUT2D eigenvalue weighted by atomic mass is 10.1. The second-order valence-electron chi connectivity index (χ2n) is 19.5. The lowest BCUT2D eigenvalue weighted by Crippen LogP contribution is -2.52. The minimum atomic E-state index is -0.675. The summed E-state index contributed by atoms with van der Waals surface area (Å²) in [6, 6.07) is 39.8. The van der Waals surface area contributed by atoms with Gasteiger partial charge < -0.3 is 55.6 Å². The van der Waals surface area contributed by atoms with Crippen LogP contribution in [0.2, 0.25) is 0 Å². The van der Waals surface area contributed by atoms with Crippen LogP contribution in [0.1, 0.15) is 27.8 Å². The maximum Gasteiger partial charge on any atom is 0.242 e. The summed E-state index contributed by atoms with van der Waals surface area (Å²) in [4.78, 5) is 94.0. The molecule has 0 saturated carbocycles. The SMILES string of the molecule is NC(=O)CN(CCc1c[nH]c2ccccc12)C(=O)CN(CCc1c[nH]c2ccccc12)C(=O)CN(CCc1c[nH]c2ccccc12)C(=O)CN(CCc1c[nH]c2ccccc12)C(=O)CNCCc1c[nH]c2ccccc12. The molecule has 16 heteroatoms. The molecule has 0 bridgehead atoms. The summed E-state index contributed by atoms with van der Waals surface area (Å²) in [5.41, 5.74) is 15.7. The lowest BCUT2D eigenvalue weighted by molar-refractivity contribution is -0.146. The van der Waals surface area contributed by atoms with E-state index in [9.17, 15) is 14.4 Å². The van der Waals surface area contributed by atoms with Crippen molar-refractivity contribution >= 4 is 84.1 Å². The van der Waals surface area contributed by atoms with Crippen LogP contribution in [0.15, 0.2) is 152 Å². The summed E-state index contributed by atoms with van der Waals surface area (Å²) in [5, 5.41) is 8.52. The number of amides is 5. The Balaban J connectivity index is 0.902. The van der Waals surface area contributed by atoms with Crippen molar-refractivity contribution in [3.8, 4) is 0 Å². The molecule has 5 aromatic heterocycles. The Hall–Kier alpha value is -8.89. The molecule has 5 heterocycles. The number of aromatic amines is 5. The van der Waals surface area contributed by atoms with Crippen LogP contribution in [-0.2, 0) is 56.1 Å². The molecule has 0 radical (unpaired) electrons. The molecule has 10 rings (SSSR count). The molecule has 10 aromatic rings. The van der Waals surface area contributed by atoms with Crippen molar-refractivity contribution in [1.29, 1.82) is 0 Å². The largest absolute Gasteiger partial charge is 0.368 e. The number of H-pyrrole nitrogens is 5. The highest BCUT2D eigenvalue weighted by atomic mass is 16.2. The number of benzene rings is 5. The van der Waals surface area contributed by atoms with Crippen LogP contribution < -0.4 is 11.1 Å². The van der Waals surface area contributed by atoms with Gasteiger partial charge in [0.05, 0.1) is 32.7 Å². The molecular formula is C60H63N11O5. The number of rotatable bonds is 25. The van der Waals surface area contributed by atoms with Crippen molar-refractivity contribution in [3.63, 3.8) is 0 Å². The molecule has 8 N–H and O–H groups in total. The van der Waals surface area contributed by atoms with E-state index in [-0.39, 0.29) is 64.8 Å². The molecule has 0 aliphatic heterocycles. The molecule has 0 saturated heterocycles. The number of primary amides is 1. The number of carbonyl (C=O) groups is 5. The molecule has 16 nitrogen and oxygen atoms in total. The highest BCUT2D eigenvalue weighted by molar-refractivity contribution is 5.93. The second-order valence-corrected chi connectivity index (χ2v) is 19.5. The predicted octanol–water partition coefficient (Wildman–Crippen LogP) is 7.00.